The van der Waals surface area contributed by atoms with Crippen LogP contribution in [0.1, 0.15) is 43.2 Å². The number of nitrogens with zero attached hydrogens (tertiary/aromatic N) is 2. The number of hydrogen-bond acceptors (Lipinski definition) is 6. The lowest BCUT2D eigenvalue weighted by Gasteiger charge is -2.33. The standard InChI is InChI=1S/C29H30N6O2/c1-17-20(13-21-12-19(10-11-31-21)22-8-5-9-24-26(22)35-29(37)34-24)14-23(18-6-3-2-4-7-18)25(27(17)36)28-32-15-30-16-33-28/h2-9,14-15,19,21,25,31H,10-13,16H2,1H3,(H,30,32,33)(H2,34,35,37). The summed E-state index contributed by atoms with van der Waals surface area (Å²) in [5, 5.41) is 6.79. The molecule has 0 bridgehead atoms. The Bertz CT molecular complexity index is 1520. The van der Waals surface area contributed by atoms with Crippen LogP contribution in [0.15, 0.2) is 80.5 Å². The number of aromatic nitrogens is 2. The van der Waals surface area contributed by atoms with Crippen LogP contribution >= 0.6 is 0 Å². The Labute approximate surface area is 214 Å². The highest BCUT2D eigenvalue weighted by Crippen LogP contribution is 2.38. The second kappa shape index (κ2) is 9.78. The molecule has 3 atom stereocenters. The zero-order chi connectivity index (χ0) is 25.4. The number of ketones is 1. The van der Waals surface area contributed by atoms with E-state index in [9.17, 15) is 9.59 Å². The van der Waals surface area contributed by atoms with Gasteiger partial charge in [0.25, 0.3) is 0 Å². The summed E-state index contributed by atoms with van der Waals surface area (Å²) in [6.45, 7) is 3.15. The minimum absolute atomic E-state index is 0.0833. The highest BCUT2D eigenvalue weighted by molar-refractivity contribution is 6.22. The minimum atomic E-state index is -0.465. The Morgan fingerprint density at radius 1 is 1.03 bits per heavy atom. The summed E-state index contributed by atoms with van der Waals surface area (Å²) in [7, 11) is 0. The first-order valence-electron chi connectivity index (χ1n) is 12.8. The van der Waals surface area contributed by atoms with E-state index in [1.165, 1.54) is 5.56 Å². The first-order valence-corrected chi connectivity index (χ1v) is 12.8. The van der Waals surface area contributed by atoms with Crippen molar-refractivity contribution in [2.24, 2.45) is 15.9 Å². The predicted octanol–water partition coefficient (Wildman–Crippen LogP) is 3.67. The van der Waals surface area contributed by atoms with Gasteiger partial charge in [-0.25, -0.2) is 9.79 Å². The number of amidine groups is 1. The number of piperidine rings is 1. The van der Waals surface area contributed by atoms with Gasteiger partial charge in [0, 0.05) is 6.04 Å². The van der Waals surface area contributed by atoms with Crippen molar-refractivity contribution < 1.29 is 4.79 Å². The zero-order valence-electron chi connectivity index (χ0n) is 20.8. The Hall–Kier alpha value is -4.04. The molecule has 37 heavy (non-hydrogen) atoms. The van der Waals surface area contributed by atoms with Crippen LogP contribution < -0.4 is 16.3 Å². The van der Waals surface area contributed by atoms with Crippen LogP contribution in [0, 0.1) is 5.92 Å². The van der Waals surface area contributed by atoms with Crippen LogP contribution in [0.25, 0.3) is 16.6 Å². The maximum atomic E-state index is 13.8. The molecule has 8 nitrogen and oxygen atoms in total. The van der Waals surface area contributed by atoms with E-state index >= 15 is 0 Å². The smallest absolute Gasteiger partial charge is 0.323 e. The van der Waals surface area contributed by atoms with Crippen molar-refractivity contribution >= 4 is 34.6 Å². The molecule has 0 amide bonds. The Morgan fingerprint density at radius 3 is 2.70 bits per heavy atom. The molecule has 0 saturated carbocycles. The summed E-state index contributed by atoms with van der Waals surface area (Å²) in [5.74, 6) is 0.595. The van der Waals surface area contributed by atoms with Gasteiger partial charge in [-0.05, 0) is 72.6 Å². The van der Waals surface area contributed by atoms with E-state index in [1.54, 1.807) is 6.34 Å². The molecular weight excluding hydrogens is 464 g/mol. The van der Waals surface area contributed by atoms with E-state index in [2.05, 4.69) is 54.9 Å². The van der Waals surface area contributed by atoms with Gasteiger partial charge in [-0.1, -0.05) is 48.5 Å². The number of para-hydroxylation sites is 1. The van der Waals surface area contributed by atoms with Crippen LogP contribution in [-0.4, -0.2) is 47.2 Å². The third-order valence-electron chi connectivity index (χ3n) is 7.75. The average Bonchev–Trinajstić information content (AvgIpc) is 3.32. The number of H-pyrrole nitrogens is 2. The normalized spacial score (nSPS) is 24.1. The molecule has 1 fully saturated rings. The predicted molar refractivity (Wildman–Crippen MR) is 147 cm³/mol. The van der Waals surface area contributed by atoms with Crippen molar-refractivity contribution in [1.29, 1.82) is 0 Å². The van der Waals surface area contributed by atoms with Crippen molar-refractivity contribution in [1.82, 2.24) is 20.6 Å². The van der Waals surface area contributed by atoms with Crippen molar-refractivity contribution in [2.45, 2.75) is 38.1 Å². The first-order chi connectivity index (χ1) is 18.1. The monoisotopic (exact) mass is 494 g/mol. The molecule has 2 aliphatic heterocycles. The lowest BCUT2D eigenvalue weighted by Crippen LogP contribution is -2.40. The van der Waals surface area contributed by atoms with Crippen molar-refractivity contribution in [3.63, 3.8) is 0 Å². The number of fused-ring (bicyclic) bond motifs is 1. The molecular formula is C29H30N6O2. The fourth-order valence-corrected chi connectivity index (χ4v) is 5.88. The van der Waals surface area contributed by atoms with Crippen LogP contribution in [0.3, 0.4) is 0 Å². The van der Waals surface area contributed by atoms with Crippen LogP contribution in [0.4, 0.5) is 0 Å². The number of carbonyl (C=O) groups is 1. The van der Waals surface area contributed by atoms with Crippen molar-refractivity contribution in [2.75, 3.05) is 13.2 Å². The molecule has 3 aliphatic rings. The third kappa shape index (κ3) is 4.49. The highest BCUT2D eigenvalue weighted by atomic mass is 16.1. The number of imidazole rings is 1. The molecule has 6 rings (SSSR count). The average molecular weight is 495 g/mol. The number of aromatic amines is 2. The summed E-state index contributed by atoms with van der Waals surface area (Å²) < 4.78 is 0. The largest absolute Gasteiger partial charge is 0.334 e. The molecule has 3 heterocycles. The lowest BCUT2D eigenvalue weighted by molar-refractivity contribution is -0.116. The summed E-state index contributed by atoms with van der Waals surface area (Å²) >= 11 is 0. The number of nitrogens with one attached hydrogen (secondary N) is 4. The Morgan fingerprint density at radius 2 is 1.89 bits per heavy atom. The second-order valence-electron chi connectivity index (χ2n) is 9.98. The maximum Gasteiger partial charge on any atom is 0.323 e. The van der Waals surface area contributed by atoms with Crippen LogP contribution in [0.2, 0.25) is 0 Å². The fraction of sp³-hybridized carbons (Fsp3) is 0.310. The Balaban J connectivity index is 1.30. The first kappa shape index (κ1) is 23.4. The van der Waals surface area contributed by atoms with Gasteiger partial charge >= 0.3 is 5.69 Å². The zero-order valence-corrected chi connectivity index (χ0v) is 20.8. The maximum absolute atomic E-state index is 13.8. The van der Waals surface area contributed by atoms with E-state index in [-0.39, 0.29) is 17.5 Å². The molecule has 1 saturated heterocycles. The highest BCUT2D eigenvalue weighted by Gasteiger charge is 2.35. The van der Waals surface area contributed by atoms with Gasteiger partial charge in [0.1, 0.15) is 18.4 Å². The number of Topliss-reactive ketones (excluding diaryl/α,β-unsaturated/α-hetero) is 1. The van der Waals surface area contributed by atoms with Gasteiger partial charge in [-0.15, -0.1) is 0 Å². The summed E-state index contributed by atoms with van der Waals surface area (Å²) in [6.07, 6.45) is 6.51. The summed E-state index contributed by atoms with van der Waals surface area (Å²) in [6, 6.07) is 16.4. The Kier molecular flexibility index (Phi) is 6.18. The van der Waals surface area contributed by atoms with Crippen molar-refractivity contribution in [3.05, 3.63) is 87.4 Å². The van der Waals surface area contributed by atoms with Gasteiger partial charge < -0.3 is 20.6 Å². The second-order valence-corrected chi connectivity index (χ2v) is 9.98. The molecule has 0 spiro atoms. The van der Waals surface area contributed by atoms with Crippen molar-refractivity contribution in [3.8, 4) is 0 Å². The van der Waals surface area contributed by atoms with E-state index in [0.29, 0.717) is 18.4 Å². The van der Waals surface area contributed by atoms with Gasteiger partial charge in [0.15, 0.2) is 5.78 Å². The minimum Gasteiger partial charge on any atom is -0.334 e. The summed E-state index contributed by atoms with van der Waals surface area (Å²) in [5.41, 5.74) is 6.60. The lowest BCUT2D eigenvalue weighted by atomic mass is 9.76. The molecule has 3 unspecified atom stereocenters. The van der Waals surface area contributed by atoms with Crippen LogP contribution in [0.5, 0.6) is 0 Å². The van der Waals surface area contributed by atoms with Gasteiger partial charge in [0.05, 0.1) is 17.4 Å². The number of aliphatic imine (C=N–C) groups is 2. The molecule has 1 aromatic heterocycles. The number of carbonyl (C=O) groups excluding carboxylic acids is 1. The number of rotatable bonds is 5. The summed E-state index contributed by atoms with van der Waals surface area (Å²) in [4.78, 5) is 40.2. The fourth-order valence-electron chi connectivity index (χ4n) is 5.88. The molecule has 188 valence electrons. The van der Waals surface area contributed by atoms with E-state index in [4.69, 9.17) is 0 Å². The number of hydrogen-bond donors (Lipinski definition) is 4. The van der Waals surface area contributed by atoms with E-state index in [1.807, 2.05) is 37.3 Å². The van der Waals surface area contributed by atoms with Gasteiger partial charge in [-0.2, -0.15) is 0 Å². The topological polar surface area (TPSA) is 114 Å². The van der Waals surface area contributed by atoms with Crippen LogP contribution in [-0.2, 0) is 4.79 Å². The third-order valence-corrected chi connectivity index (χ3v) is 7.75. The number of allylic oxidation sites excluding steroid dienone is 2. The quantitative estimate of drug-likeness (QED) is 0.433. The molecule has 2 aromatic carbocycles. The van der Waals surface area contributed by atoms with E-state index in [0.717, 1.165) is 59.1 Å². The molecule has 8 heteroatoms. The molecule has 0 radical (unpaired) electrons. The van der Waals surface area contributed by atoms with Gasteiger partial charge in [0.2, 0.25) is 0 Å². The van der Waals surface area contributed by atoms with E-state index < -0.39 is 5.92 Å². The number of benzene rings is 2. The molecule has 3 aromatic rings. The SMILES string of the molecule is CC1=C(CC2CC(c3cccc4[nH]c(=O)[nH]c34)CCN2)C=C(c2ccccc2)C(C2=NCN=CN2)C1=O. The van der Waals surface area contributed by atoms with Gasteiger partial charge in [-0.3, -0.25) is 9.79 Å². The molecule has 4 N–H and O–H groups in total. The molecule has 1 aliphatic carbocycles.